The minimum absolute atomic E-state index is 0.147. The molecule has 0 amide bonds. The normalized spacial score (nSPS) is 24.3. The average molecular weight is 233 g/mol. The maximum Gasteiger partial charge on any atom is 0.330 e. The molecule has 0 aliphatic carbocycles. The lowest BCUT2D eigenvalue weighted by atomic mass is 9.82. The van der Waals surface area contributed by atoms with Crippen LogP contribution in [0.4, 0.5) is 0 Å². The second-order valence-corrected chi connectivity index (χ2v) is 4.38. The number of rotatable bonds is 3. The van der Waals surface area contributed by atoms with Gasteiger partial charge in [-0.2, -0.15) is 0 Å². The molecule has 0 aromatic heterocycles. The van der Waals surface area contributed by atoms with Crippen LogP contribution in [0, 0.1) is 0 Å². The number of nitrogens with one attached hydrogen (secondary N) is 1. The van der Waals surface area contributed by atoms with E-state index in [9.17, 15) is 4.79 Å². The molecule has 1 atom stereocenters. The van der Waals surface area contributed by atoms with Crippen LogP contribution < -0.4 is 5.32 Å². The highest BCUT2D eigenvalue weighted by Gasteiger charge is 2.42. The highest BCUT2D eigenvalue weighted by Crippen LogP contribution is 2.31. The van der Waals surface area contributed by atoms with Crippen molar-refractivity contribution in [1.29, 1.82) is 0 Å². The number of esters is 1. The molecule has 1 N–H and O–H groups in total. The fraction of sp³-hybridized carbons (Fsp3) is 0.500. The van der Waals surface area contributed by atoms with Crippen molar-refractivity contribution >= 4 is 5.97 Å². The number of carbonyl (C=O) groups is 1. The van der Waals surface area contributed by atoms with Crippen molar-refractivity contribution < 1.29 is 9.53 Å². The molecular formula is C14H19NO2. The molecule has 1 aliphatic heterocycles. The zero-order valence-electron chi connectivity index (χ0n) is 10.2. The zero-order valence-corrected chi connectivity index (χ0v) is 10.2. The van der Waals surface area contributed by atoms with Gasteiger partial charge in [0.15, 0.2) is 0 Å². The van der Waals surface area contributed by atoms with Crippen molar-refractivity contribution in [2.24, 2.45) is 0 Å². The Morgan fingerprint density at radius 2 is 2.12 bits per heavy atom. The molecule has 1 unspecified atom stereocenters. The molecule has 0 saturated carbocycles. The van der Waals surface area contributed by atoms with E-state index >= 15 is 0 Å². The summed E-state index contributed by atoms with van der Waals surface area (Å²) < 4.78 is 5.24. The van der Waals surface area contributed by atoms with Crippen molar-refractivity contribution in [2.75, 3.05) is 13.2 Å². The van der Waals surface area contributed by atoms with E-state index < -0.39 is 5.54 Å². The topological polar surface area (TPSA) is 38.3 Å². The zero-order chi connectivity index (χ0) is 12.1. The Bertz CT molecular complexity index is 369. The first-order valence-corrected chi connectivity index (χ1v) is 6.27. The summed E-state index contributed by atoms with van der Waals surface area (Å²) in [5.74, 6) is -0.147. The lowest BCUT2D eigenvalue weighted by Crippen LogP contribution is -2.52. The van der Waals surface area contributed by atoms with Gasteiger partial charge in [0, 0.05) is 0 Å². The Morgan fingerprint density at radius 1 is 1.35 bits per heavy atom. The molecule has 1 fully saturated rings. The van der Waals surface area contributed by atoms with Crippen molar-refractivity contribution in [3.8, 4) is 0 Å². The molecular weight excluding hydrogens is 214 g/mol. The number of benzene rings is 1. The minimum Gasteiger partial charge on any atom is -0.464 e. The molecule has 17 heavy (non-hydrogen) atoms. The summed E-state index contributed by atoms with van der Waals surface area (Å²) in [5.41, 5.74) is 0.383. The maximum atomic E-state index is 12.2. The monoisotopic (exact) mass is 233 g/mol. The van der Waals surface area contributed by atoms with Crippen LogP contribution in [-0.4, -0.2) is 19.1 Å². The van der Waals surface area contributed by atoms with Gasteiger partial charge in [-0.15, -0.1) is 0 Å². The Kier molecular flexibility index (Phi) is 3.79. The van der Waals surface area contributed by atoms with E-state index in [1.165, 1.54) is 0 Å². The van der Waals surface area contributed by atoms with Crippen LogP contribution in [-0.2, 0) is 15.1 Å². The number of ether oxygens (including phenoxy) is 1. The number of carbonyl (C=O) groups excluding carboxylic acids is 1. The van der Waals surface area contributed by atoms with Crippen LogP contribution >= 0.6 is 0 Å². The molecule has 1 aromatic rings. The smallest absolute Gasteiger partial charge is 0.330 e. The van der Waals surface area contributed by atoms with E-state index in [-0.39, 0.29) is 5.97 Å². The summed E-state index contributed by atoms with van der Waals surface area (Å²) in [6, 6.07) is 9.88. The summed E-state index contributed by atoms with van der Waals surface area (Å²) in [6.07, 6.45) is 2.99. The third-order valence-electron chi connectivity index (χ3n) is 3.30. The van der Waals surface area contributed by atoms with E-state index in [1.54, 1.807) is 0 Å². The number of hydrogen-bond donors (Lipinski definition) is 1. The van der Waals surface area contributed by atoms with Crippen LogP contribution in [0.3, 0.4) is 0 Å². The van der Waals surface area contributed by atoms with Gasteiger partial charge in [0.05, 0.1) is 6.61 Å². The van der Waals surface area contributed by atoms with Gasteiger partial charge in [-0.3, -0.25) is 5.32 Å². The third kappa shape index (κ3) is 2.34. The molecule has 3 heteroatoms. The molecule has 92 valence electrons. The predicted molar refractivity (Wildman–Crippen MR) is 66.6 cm³/mol. The third-order valence-corrected chi connectivity index (χ3v) is 3.30. The second-order valence-electron chi connectivity index (χ2n) is 4.38. The van der Waals surface area contributed by atoms with Gasteiger partial charge in [0.1, 0.15) is 5.54 Å². The van der Waals surface area contributed by atoms with Crippen molar-refractivity contribution in [3.63, 3.8) is 0 Å². The van der Waals surface area contributed by atoms with Gasteiger partial charge >= 0.3 is 5.97 Å². The molecule has 2 rings (SSSR count). The molecule has 1 aliphatic rings. The van der Waals surface area contributed by atoms with Gasteiger partial charge in [0.25, 0.3) is 0 Å². The highest BCUT2D eigenvalue weighted by molar-refractivity contribution is 5.82. The molecule has 0 spiro atoms. The van der Waals surface area contributed by atoms with Crippen molar-refractivity contribution in [2.45, 2.75) is 31.7 Å². The van der Waals surface area contributed by atoms with E-state index in [1.807, 2.05) is 37.3 Å². The first kappa shape index (κ1) is 12.1. The number of piperidine rings is 1. The molecule has 0 bridgehead atoms. The predicted octanol–water partition coefficient (Wildman–Crippen LogP) is 2.22. The SMILES string of the molecule is CCOC(=O)C1(c2ccccc2)CCCCN1. The highest BCUT2D eigenvalue weighted by atomic mass is 16.5. The van der Waals surface area contributed by atoms with Crippen LogP contribution in [0.5, 0.6) is 0 Å². The van der Waals surface area contributed by atoms with Gasteiger partial charge in [0.2, 0.25) is 0 Å². The average Bonchev–Trinajstić information content (AvgIpc) is 2.41. The van der Waals surface area contributed by atoms with Gasteiger partial charge < -0.3 is 4.74 Å². The molecule has 0 radical (unpaired) electrons. The van der Waals surface area contributed by atoms with Gasteiger partial charge in [-0.25, -0.2) is 4.79 Å². The van der Waals surface area contributed by atoms with Gasteiger partial charge in [-0.1, -0.05) is 30.3 Å². The Balaban J connectivity index is 2.33. The van der Waals surface area contributed by atoms with E-state index in [2.05, 4.69) is 5.32 Å². The van der Waals surface area contributed by atoms with Crippen molar-refractivity contribution in [3.05, 3.63) is 35.9 Å². The Morgan fingerprint density at radius 3 is 2.71 bits per heavy atom. The Hall–Kier alpha value is -1.35. The second kappa shape index (κ2) is 5.32. The first-order chi connectivity index (χ1) is 8.29. The Labute approximate surface area is 102 Å². The quantitative estimate of drug-likeness (QED) is 0.813. The summed E-state index contributed by atoms with van der Waals surface area (Å²) in [4.78, 5) is 12.2. The number of hydrogen-bond acceptors (Lipinski definition) is 3. The van der Waals surface area contributed by atoms with Crippen LogP contribution in [0.15, 0.2) is 30.3 Å². The molecule has 3 nitrogen and oxygen atoms in total. The maximum absolute atomic E-state index is 12.2. The van der Waals surface area contributed by atoms with Crippen LogP contribution in [0.1, 0.15) is 31.7 Å². The lowest BCUT2D eigenvalue weighted by molar-refractivity contribution is -0.153. The molecule has 1 heterocycles. The van der Waals surface area contributed by atoms with E-state index in [0.717, 1.165) is 31.4 Å². The summed E-state index contributed by atoms with van der Waals surface area (Å²) >= 11 is 0. The minimum atomic E-state index is -0.629. The van der Waals surface area contributed by atoms with Crippen LogP contribution in [0.25, 0.3) is 0 Å². The van der Waals surface area contributed by atoms with E-state index in [4.69, 9.17) is 4.74 Å². The largest absolute Gasteiger partial charge is 0.464 e. The molecule has 1 aromatic carbocycles. The van der Waals surface area contributed by atoms with Gasteiger partial charge in [-0.05, 0) is 38.3 Å². The summed E-state index contributed by atoms with van der Waals surface area (Å²) in [7, 11) is 0. The van der Waals surface area contributed by atoms with Crippen LogP contribution in [0.2, 0.25) is 0 Å². The standard InChI is InChI=1S/C14H19NO2/c1-2-17-13(16)14(10-6-7-11-15-14)12-8-4-3-5-9-12/h3-5,8-9,15H,2,6-7,10-11H2,1H3. The van der Waals surface area contributed by atoms with E-state index in [0.29, 0.717) is 6.61 Å². The fourth-order valence-electron chi connectivity index (χ4n) is 2.42. The fourth-order valence-corrected chi connectivity index (χ4v) is 2.42. The molecule has 1 saturated heterocycles. The first-order valence-electron chi connectivity index (χ1n) is 6.27. The summed E-state index contributed by atoms with van der Waals surface area (Å²) in [5, 5.41) is 3.36. The van der Waals surface area contributed by atoms with Crippen molar-refractivity contribution in [1.82, 2.24) is 5.32 Å². The summed E-state index contributed by atoms with van der Waals surface area (Å²) in [6.45, 7) is 3.14. The lowest BCUT2D eigenvalue weighted by Gasteiger charge is -2.36.